The number of aryl methyl sites for hydroxylation is 2. The van der Waals surface area contributed by atoms with E-state index in [1.165, 1.54) is 24.0 Å². The van der Waals surface area contributed by atoms with Crippen LogP contribution >= 0.6 is 0 Å². The first-order valence-electron chi connectivity index (χ1n) is 6.68. The second-order valence-electron chi connectivity index (χ2n) is 5.38. The number of nitrogens with two attached hydrogens (primary N) is 1. The van der Waals surface area contributed by atoms with Gasteiger partial charge in [0.1, 0.15) is 5.75 Å². The minimum atomic E-state index is 0.279. The van der Waals surface area contributed by atoms with Gasteiger partial charge in [0.15, 0.2) is 0 Å². The number of rotatable bonds is 3. The molecule has 100 valence electrons. The third-order valence-corrected chi connectivity index (χ3v) is 4.20. The zero-order chi connectivity index (χ0) is 13.3. The number of hydrogen-bond donors (Lipinski definition) is 1. The number of likely N-dealkylation sites (N-methyl/N-ethyl adjacent to an activating group) is 1. The van der Waals surface area contributed by atoms with Gasteiger partial charge in [-0.25, -0.2) is 0 Å². The highest BCUT2D eigenvalue weighted by Gasteiger charge is 2.29. The van der Waals surface area contributed by atoms with Gasteiger partial charge in [0, 0.05) is 19.1 Å². The zero-order valence-corrected chi connectivity index (χ0v) is 11.9. The molecule has 3 heteroatoms. The molecule has 0 bridgehead atoms. The molecule has 1 aliphatic rings. The Morgan fingerprint density at radius 1 is 1.22 bits per heavy atom. The van der Waals surface area contributed by atoms with E-state index in [1.54, 1.807) is 7.11 Å². The van der Waals surface area contributed by atoms with E-state index in [0.29, 0.717) is 6.04 Å². The number of anilines is 1. The lowest BCUT2D eigenvalue weighted by Gasteiger charge is -2.31. The Hall–Kier alpha value is -1.22. The van der Waals surface area contributed by atoms with Crippen LogP contribution in [0.4, 0.5) is 5.69 Å². The molecule has 0 heterocycles. The first kappa shape index (κ1) is 13.2. The number of methoxy groups -OCH3 is 1. The van der Waals surface area contributed by atoms with E-state index in [4.69, 9.17) is 10.5 Å². The lowest BCUT2D eigenvalue weighted by molar-refractivity contribution is 0.412. The van der Waals surface area contributed by atoms with Gasteiger partial charge in [-0.3, -0.25) is 0 Å². The van der Waals surface area contributed by atoms with Crippen molar-refractivity contribution in [3.8, 4) is 5.75 Å². The van der Waals surface area contributed by atoms with Gasteiger partial charge in [0.25, 0.3) is 0 Å². The molecule has 1 fully saturated rings. The SMILES string of the molecule is COc1cc(C)c(C)cc1N(C)C1CCCC1N. The Balaban J connectivity index is 2.34. The predicted molar refractivity (Wildman–Crippen MR) is 76.5 cm³/mol. The van der Waals surface area contributed by atoms with Crippen LogP contribution in [-0.4, -0.2) is 26.2 Å². The van der Waals surface area contributed by atoms with E-state index < -0.39 is 0 Å². The summed E-state index contributed by atoms with van der Waals surface area (Å²) < 4.78 is 5.51. The molecule has 1 aromatic rings. The molecule has 0 aromatic heterocycles. The molecule has 1 aromatic carbocycles. The van der Waals surface area contributed by atoms with Gasteiger partial charge in [-0.15, -0.1) is 0 Å². The molecule has 2 atom stereocenters. The van der Waals surface area contributed by atoms with Crippen LogP contribution in [0.15, 0.2) is 12.1 Å². The molecular formula is C15H24N2O. The average molecular weight is 248 g/mol. The number of nitrogens with zero attached hydrogens (tertiary/aromatic N) is 1. The summed E-state index contributed by atoms with van der Waals surface area (Å²) >= 11 is 0. The van der Waals surface area contributed by atoms with Crippen LogP contribution in [0.25, 0.3) is 0 Å². The van der Waals surface area contributed by atoms with Crippen LogP contribution in [0.1, 0.15) is 30.4 Å². The lowest BCUT2D eigenvalue weighted by Crippen LogP contribution is -2.42. The van der Waals surface area contributed by atoms with Crippen molar-refractivity contribution in [2.45, 2.75) is 45.2 Å². The normalized spacial score (nSPS) is 23.2. The van der Waals surface area contributed by atoms with Crippen LogP contribution < -0.4 is 15.4 Å². The largest absolute Gasteiger partial charge is 0.495 e. The van der Waals surface area contributed by atoms with Crippen molar-refractivity contribution in [1.82, 2.24) is 0 Å². The van der Waals surface area contributed by atoms with Gasteiger partial charge in [-0.05, 0) is 56.4 Å². The molecule has 0 saturated heterocycles. The van der Waals surface area contributed by atoms with Crippen molar-refractivity contribution >= 4 is 5.69 Å². The quantitative estimate of drug-likeness (QED) is 0.893. The summed E-state index contributed by atoms with van der Waals surface area (Å²) in [5.74, 6) is 0.944. The third kappa shape index (κ3) is 2.32. The van der Waals surface area contributed by atoms with E-state index in [0.717, 1.165) is 17.9 Å². The first-order valence-corrected chi connectivity index (χ1v) is 6.68. The molecule has 1 saturated carbocycles. The van der Waals surface area contributed by atoms with Crippen LogP contribution in [-0.2, 0) is 0 Å². The maximum Gasteiger partial charge on any atom is 0.142 e. The van der Waals surface area contributed by atoms with Crippen molar-refractivity contribution in [3.05, 3.63) is 23.3 Å². The Morgan fingerprint density at radius 3 is 2.44 bits per heavy atom. The van der Waals surface area contributed by atoms with E-state index in [9.17, 15) is 0 Å². The average Bonchev–Trinajstić information content (AvgIpc) is 2.77. The minimum absolute atomic E-state index is 0.279. The summed E-state index contributed by atoms with van der Waals surface area (Å²) in [4.78, 5) is 2.29. The summed E-state index contributed by atoms with van der Waals surface area (Å²) in [5, 5.41) is 0. The third-order valence-electron chi connectivity index (χ3n) is 4.20. The second-order valence-corrected chi connectivity index (χ2v) is 5.38. The molecule has 2 N–H and O–H groups in total. The highest BCUT2D eigenvalue weighted by atomic mass is 16.5. The number of hydrogen-bond acceptors (Lipinski definition) is 3. The van der Waals surface area contributed by atoms with E-state index in [-0.39, 0.29) is 6.04 Å². The molecule has 2 rings (SSSR count). The highest BCUT2D eigenvalue weighted by Crippen LogP contribution is 2.34. The van der Waals surface area contributed by atoms with Gasteiger partial charge < -0.3 is 15.4 Å². The summed E-state index contributed by atoms with van der Waals surface area (Å²) in [7, 11) is 3.86. The van der Waals surface area contributed by atoms with Crippen molar-refractivity contribution in [3.63, 3.8) is 0 Å². The van der Waals surface area contributed by atoms with E-state index in [1.807, 2.05) is 0 Å². The van der Waals surface area contributed by atoms with E-state index in [2.05, 4.69) is 37.9 Å². The monoisotopic (exact) mass is 248 g/mol. The molecule has 3 nitrogen and oxygen atoms in total. The molecule has 1 aliphatic carbocycles. The molecule has 0 radical (unpaired) electrons. The fourth-order valence-corrected chi connectivity index (χ4v) is 2.84. The first-order chi connectivity index (χ1) is 8.54. The summed E-state index contributed by atoms with van der Waals surface area (Å²) in [6.07, 6.45) is 3.53. The molecule has 0 spiro atoms. The second kappa shape index (κ2) is 5.19. The van der Waals surface area contributed by atoms with Crippen LogP contribution in [0.2, 0.25) is 0 Å². The number of ether oxygens (including phenoxy) is 1. The highest BCUT2D eigenvalue weighted by molar-refractivity contribution is 5.62. The molecule has 18 heavy (non-hydrogen) atoms. The standard InChI is InChI=1S/C15H24N2O/c1-10-8-14(15(18-4)9-11(10)2)17(3)13-7-5-6-12(13)16/h8-9,12-13H,5-7,16H2,1-4H3. The maximum atomic E-state index is 6.19. The van der Waals surface area contributed by atoms with Crippen molar-refractivity contribution < 1.29 is 4.74 Å². The zero-order valence-electron chi connectivity index (χ0n) is 11.9. The summed E-state index contributed by atoms with van der Waals surface area (Å²) in [6, 6.07) is 5.03. The lowest BCUT2D eigenvalue weighted by atomic mass is 10.1. The molecular weight excluding hydrogens is 224 g/mol. The van der Waals surface area contributed by atoms with Gasteiger partial charge in [0.2, 0.25) is 0 Å². The Labute approximate surface area is 110 Å². The smallest absolute Gasteiger partial charge is 0.142 e. The molecule has 0 aliphatic heterocycles. The van der Waals surface area contributed by atoms with Gasteiger partial charge in [0.05, 0.1) is 12.8 Å². The van der Waals surface area contributed by atoms with Gasteiger partial charge in [-0.1, -0.05) is 0 Å². The van der Waals surface area contributed by atoms with Crippen molar-refractivity contribution in [1.29, 1.82) is 0 Å². The fraction of sp³-hybridized carbons (Fsp3) is 0.600. The van der Waals surface area contributed by atoms with Gasteiger partial charge >= 0.3 is 0 Å². The van der Waals surface area contributed by atoms with Crippen LogP contribution in [0.3, 0.4) is 0 Å². The number of benzene rings is 1. The Kier molecular flexibility index (Phi) is 3.81. The molecule has 2 unspecified atom stereocenters. The fourth-order valence-electron chi connectivity index (χ4n) is 2.84. The summed E-state index contributed by atoms with van der Waals surface area (Å²) in [5.41, 5.74) is 9.91. The van der Waals surface area contributed by atoms with E-state index >= 15 is 0 Å². The topological polar surface area (TPSA) is 38.5 Å². The van der Waals surface area contributed by atoms with Crippen LogP contribution in [0.5, 0.6) is 5.75 Å². The Bertz CT molecular complexity index is 431. The minimum Gasteiger partial charge on any atom is -0.495 e. The van der Waals surface area contributed by atoms with Gasteiger partial charge in [-0.2, -0.15) is 0 Å². The molecule has 0 amide bonds. The Morgan fingerprint density at radius 2 is 1.89 bits per heavy atom. The van der Waals surface area contributed by atoms with Crippen molar-refractivity contribution in [2.24, 2.45) is 5.73 Å². The maximum absolute atomic E-state index is 6.19. The predicted octanol–water partition coefficient (Wildman–Crippen LogP) is 2.63. The van der Waals surface area contributed by atoms with Crippen molar-refractivity contribution in [2.75, 3.05) is 19.1 Å². The van der Waals surface area contributed by atoms with Crippen LogP contribution in [0, 0.1) is 13.8 Å². The summed E-state index contributed by atoms with van der Waals surface area (Å²) in [6.45, 7) is 4.25.